The number of fused-ring (bicyclic) bond motifs is 1. The van der Waals surface area contributed by atoms with Gasteiger partial charge in [-0.1, -0.05) is 28.1 Å². The van der Waals surface area contributed by atoms with Crippen molar-refractivity contribution >= 4 is 15.9 Å². The summed E-state index contributed by atoms with van der Waals surface area (Å²) >= 11 is 3.49. The van der Waals surface area contributed by atoms with Crippen LogP contribution < -0.4 is 5.32 Å². The Morgan fingerprint density at radius 2 is 2.19 bits per heavy atom. The van der Waals surface area contributed by atoms with Crippen molar-refractivity contribution in [2.45, 2.75) is 31.2 Å². The van der Waals surface area contributed by atoms with Gasteiger partial charge >= 0.3 is 0 Å². The first-order chi connectivity index (χ1) is 10.2. The molecule has 0 saturated carbocycles. The van der Waals surface area contributed by atoms with Gasteiger partial charge in [-0.15, -0.1) is 0 Å². The van der Waals surface area contributed by atoms with Crippen LogP contribution in [0.5, 0.6) is 0 Å². The van der Waals surface area contributed by atoms with Crippen LogP contribution in [0, 0.1) is 5.82 Å². The number of hydrogen-bond acceptors (Lipinski definition) is 2. The molecule has 0 radical (unpaired) electrons. The molecule has 1 N–H and O–H groups in total. The molecule has 2 nitrogen and oxygen atoms in total. The molecule has 1 aromatic heterocycles. The van der Waals surface area contributed by atoms with Gasteiger partial charge in [0, 0.05) is 33.9 Å². The lowest BCUT2D eigenvalue weighted by molar-refractivity contribution is 0.402. The Bertz CT molecular complexity index is 624. The Morgan fingerprint density at radius 1 is 1.33 bits per heavy atom. The smallest absolute Gasteiger partial charge is 0.129 e. The van der Waals surface area contributed by atoms with Crippen molar-refractivity contribution in [2.24, 2.45) is 0 Å². The summed E-state index contributed by atoms with van der Waals surface area (Å²) in [5.74, 6) is 0.0277. The van der Waals surface area contributed by atoms with Gasteiger partial charge in [0.1, 0.15) is 5.82 Å². The summed E-state index contributed by atoms with van der Waals surface area (Å²) in [6.45, 7) is 0. The summed E-state index contributed by atoms with van der Waals surface area (Å²) in [6.07, 6.45) is 5.04. The first-order valence-electron chi connectivity index (χ1n) is 7.27. The van der Waals surface area contributed by atoms with Gasteiger partial charge in [0.05, 0.1) is 0 Å². The molecule has 0 amide bonds. The maximum absolute atomic E-state index is 14.3. The van der Waals surface area contributed by atoms with Crippen LogP contribution in [0.1, 0.15) is 41.6 Å². The maximum Gasteiger partial charge on any atom is 0.129 e. The fraction of sp³-hybridized carbons (Fsp3) is 0.353. The van der Waals surface area contributed by atoms with E-state index >= 15 is 0 Å². The number of nitrogens with zero attached hydrogens (tertiary/aromatic N) is 1. The Balaban J connectivity index is 2.06. The van der Waals surface area contributed by atoms with Crippen molar-refractivity contribution < 1.29 is 4.39 Å². The van der Waals surface area contributed by atoms with Gasteiger partial charge in [-0.25, -0.2) is 4.39 Å². The number of likely N-dealkylation sites (N-methyl/N-ethyl adjacent to an activating group) is 1. The summed E-state index contributed by atoms with van der Waals surface area (Å²) < 4.78 is 15.1. The van der Waals surface area contributed by atoms with Crippen molar-refractivity contribution in [3.63, 3.8) is 0 Å². The average Bonchev–Trinajstić information content (AvgIpc) is 2.51. The lowest BCUT2D eigenvalue weighted by atomic mass is 9.79. The number of aryl methyl sites for hydroxylation is 1. The first kappa shape index (κ1) is 14.7. The molecular weight excluding hydrogens is 331 g/mol. The van der Waals surface area contributed by atoms with Gasteiger partial charge in [0.15, 0.2) is 0 Å². The fourth-order valence-corrected chi connectivity index (χ4v) is 3.91. The largest absolute Gasteiger partial charge is 0.312 e. The zero-order valence-electron chi connectivity index (χ0n) is 11.9. The molecule has 3 rings (SSSR count). The van der Waals surface area contributed by atoms with Gasteiger partial charge in [-0.2, -0.15) is 0 Å². The molecule has 4 heteroatoms. The molecule has 1 aliphatic rings. The van der Waals surface area contributed by atoms with E-state index in [4.69, 9.17) is 0 Å². The maximum atomic E-state index is 14.3. The van der Waals surface area contributed by atoms with Gasteiger partial charge < -0.3 is 5.32 Å². The topological polar surface area (TPSA) is 24.9 Å². The predicted molar refractivity (Wildman–Crippen MR) is 85.8 cm³/mol. The normalized spacial score (nSPS) is 19.1. The van der Waals surface area contributed by atoms with E-state index < -0.39 is 0 Å². The van der Waals surface area contributed by atoms with Crippen molar-refractivity contribution in [2.75, 3.05) is 7.05 Å². The monoisotopic (exact) mass is 348 g/mol. The van der Waals surface area contributed by atoms with Gasteiger partial charge in [0.2, 0.25) is 0 Å². The highest BCUT2D eigenvalue weighted by molar-refractivity contribution is 9.10. The van der Waals surface area contributed by atoms with Crippen LogP contribution >= 0.6 is 15.9 Å². The third-order valence-electron chi connectivity index (χ3n) is 4.26. The van der Waals surface area contributed by atoms with Gasteiger partial charge in [-0.05, 0) is 50.1 Å². The Hall–Kier alpha value is -1.26. The van der Waals surface area contributed by atoms with E-state index in [0.717, 1.165) is 29.4 Å². The predicted octanol–water partition coefficient (Wildman–Crippen LogP) is 4.36. The van der Waals surface area contributed by atoms with E-state index in [9.17, 15) is 4.39 Å². The lowest BCUT2D eigenvalue weighted by Gasteiger charge is -2.32. The number of rotatable bonds is 3. The molecule has 0 spiro atoms. The summed E-state index contributed by atoms with van der Waals surface area (Å²) in [4.78, 5) is 4.58. The van der Waals surface area contributed by atoms with Crippen molar-refractivity contribution in [3.05, 3.63) is 63.6 Å². The number of halogens is 2. The zero-order valence-corrected chi connectivity index (χ0v) is 13.5. The molecule has 2 unspecified atom stereocenters. The standard InChI is InChI=1S/C17H18BrFN2/c1-20-17(15-13(18)8-3-9-14(15)19)12-7-2-5-11-6-4-10-21-16(11)12/h3-4,6,8-10,12,17,20H,2,5,7H2,1H3. The number of pyridine rings is 1. The number of hydrogen-bond donors (Lipinski definition) is 1. The molecule has 0 bridgehead atoms. The molecule has 2 atom stereocenters. The Morgan fingerprint density at radius 3 is 2.95 bits per heavy atom. The molecule has 1 heterocycles. The minimum atomic E-state index is -0.174. The van der Waals surface area contributed by atoms with Crippen molar-refractivity contribution in [1.82, 2.24) is 10.3 Å². The van der Waals surface area contributed by atoms with Crippen LogP contribution in [-0.2, 0) is 6.42 Å². The SMILES string of the molecule is CNC(c1c(F)cccc1Br)C1CCCc2cccnc21. The summed E-state index contributed by atoms with van der Waals surface area (Å²) in [7, 11) is 1.89. The zero-order chi connectivity index (χ0) is 14.8. The second kappa shape index (κ2) is 6.24. The van der Waals surface area contributed by atoms with Crippen LogP contribution in [0.15, 0.2) is 41.0 Å². The number of aromatic nitrogens is 1. The quantitative estimate of drug-likeness (QED) is 0.890. The minimum Gasteiger partial charge on any atom is -0.312 e. The lowest BCUT2D eigenvalue weighted by Crippen LogP contribution is -2.28. The van der Waals surface area contributed by atoms with Crippen LogP contribution in [0.25, 0.3) is 0 Å². The van der Waals surface area contributed by atoms with E-state index in [1.165, 1.54) is 11.6 Å². The minimum absolute atomic E-state index is 0.0745. The van der Waals surface area contributed by atoms with Crippen LogP contribution in [0.3, 0.4) is 0 Å². The molecule has 2 aromatic rings. The van der Waals surface area contributed by atoms with Crippen LogP contribution in [-0.4, -0.2) is 12.0 Å². The van der Waals surface area contributed by atoms with E-state index in [-0.39, 0.29) is 17.8 Å². The van der Waals surface area contributed by atoms with E-state index in [2.05, 4.69) is 32.3 Å². The van der Waals surface area contributed by atoms with Crippen molar-refractivity contribution in [3.8, 4) is 0 Å². The second-order valence-corrected chi connectivity index (χ2v) is 6.30. The Kier molecular flexibility index (Phi) is 4.36. The molecule has 21 heavy (non-hydrogen) atoms. The molecule has 1 aromatic carbocycles. The summed E-state index contributed by atoms with van der Waals surface area (Å²) in [5, 5.41) is 3.30. The molecular formula is C17H18BrFN2. The Labute approximate surface area is 132 Å². The third-order valence-corrected chi connectivity index (χ3v) is 4.95. The fourth-order valence-electron chi connectivity index (χ4n) is 3.32. The van der Waals surface area contributed by atoms with E-state index in [0.29, 0.717) is 5.56 Å². The number of nitrogens with one attached hydrogen (secondary N) is 1. The third kappa shape index (κ3) is 2.74. The molecule has 0 aliphatic heterocycles. The second-order valence-electron chi connectivity index (χ2n) is 5.45. The highest BCUT2D eigenvalue weighted by atomic mass is 79.9. The van der Waals surface area contributed by atoms with E-state index in [1.807, 2.05) is 25.4 Å². The molecule has 0 fully saturated rings. The summed E-state index contributed by atoms with van der Waals surface area (Å²) in [6, 6.07) is 9.18. The van der Waals surface area contributed by atoms with Crippen LogP contribution in [0.2, 0.25) is 0 Å². The summed E-state index contributed by atoms with van der Waals surface area (Å²) in [5.41, 5.74) is 3.10. The van der Waals surface area contributed by atoms with Crippen LogP contribution in [0.4, 0.5) is 4.39 Å². The highest BCUT2D eigenvalue weighted by Crippen LogP contribution is 2.41. The van der Waals surface area contributed by atoms with Gasteiger partial charge in [-0.3, -0.25) is 4.98 Å². The highest BCUT2D eigenvalue weighted by Gasteiger charge is 2.31. The molecule has 1 aliphatic carbocycles. The molecule has 110 valence electrons. The van der Waals surface area contributed by atoms with E-state index in [1.54, 1.807) is 6.07 Å². The molecule has 0 saturated heterocycles. The number of benzene rings is 1. The van der Waals surface area contributed by atoms with Crippen molar-refractivity contribution in [1.29, 1.82) is 0 Å². The van der Waals surface area contributed by atoms with Gasteiger partial charge in [0.25, 0.3) is 0 Å². The first-order valence-corrected chi connectivity index (χ1v) is 8.06. The average molecular weight is 349 g/mol.